The number of rotatable bonds is 8. The first-order valence-corrected chi connectivity index (χ1v) is 8.68. The molecule has 0 radical (unpaired) electrons. The minimum Gasteiger partial charge on any atom is -0.493 e. The molecule has 0 heterocycles. The number of alkyl halides is 1. The van der Waals surface area contributed by atoms with E-state index in [9.17, 15) is 0 Å². The summed E-state index contributed by atoms with van der Waals surface area (Å²) < 4.78 is 7.06. The molecular weight excluding hydrogens is 348 g/mol. The Labute approximate surface area is 140 Å². The van der Waals surface area contributed by atoms with E-state index in [-0.39, 0.29) is 0 Å². The van der Waals surface area contributed by atoms with Crippen LogP contribution in [0.2, 0.25) is 0 Å². The molecule has 2 aromatic rings. The van der Waals surface area contributed by atoms with Gasteiger partial charge in [0.1, 0.15) is 5.75 Å². The number of hydrogen-bond donors (Lipinski definition) is 0. The van der Waals surface area contributed by atoms with E-state index in [2.05, 4.69) is 34.1 Å². The van der Waals surface area contributed by atoms with Gasteiger partial charge in [-0.25, -0.2) is 0 Å². The van der Waals surface area contributed by atoms with Gasteiger partial charge in [0.2, 0.25) is 0 Å². The van der Waals surface area contributed by atoms with Crippen molar-refractivity contribution >= 4 is 27.5 Å². The van der Waals surface area contributed by atoms with E-state index in [1.165, 1.54) is 12.8 Å². The first-order valence-electron chi connectivity index (χ1n) is 7.35. The Morgan fingerprint density at radius 1 is 0.810 bits per heavy atom. The summed E-state index contributed by atoms with van der Waals surface area (Å²) in [5.74, 6) is 1.70. The van der Waals surface area contributed by atoms with E-state index < -0.39 is 0 Å². The molecule has 0 saturated carbocycles. The fraction of sp³-hybridized carbons (Fsp3) is 0.333. The summed E-state index contributed by atoms with van der Waals surface area (Å²) in [5.41, 5.74) is 2.29. The maximum Gasteiger partial charge on any atom is 0.127 e. The fourth-order valence-corrected chi connectivity index (χ4v) is 2.91. The zero-order valence-corrected chi connectivity index (χ0v) is 14.4. The van der Waals surface area contributed by atoms with Gasteiger partial charge in [0.15, 0.2) is 0 Å². The van der Waals surface area contributed by atoms with Crippen LogP contribution < -0.4 is 4.74 Å². The molecule has 0 aliphatic heterocycles. The maximum absolute atomic E-state index is 5.97. The van der Waals surface area contributed by atoms with Crippen LogP contribution in [0.4, 0.5) is 0 Å². The summed E-state index contributed by atoms with van der Waals surface area (Å²) in [6.07, 6.45) is 4.51. The predicted octanol–water partition coefficient (Wildman–Crippen LogP) is 6.29. The minimum absolute atomic E-state index is 0.754. The van der Waals surface area contributed by atoms with Gasteiger partial charge >= 0.3 is 0 Å². The summed E-state index contributed by atoms with van der Waals surface area (Å²) in [5, 5.41) is 0. The standard InChI is InChI=1S/C18H20BrClO/c19-17-11-5-3-9-15(17)16-10-4-6-12-18(16)21-14-8-2-1-7-13-20/h3-6,9-12H,1-2,7-8,13-14H2. The fourth-order valence-electron chi connectivity index (χ4n) is 2.23. The summed E-state index contributed by atoms with van der Waals surface area (Å²) >= 11 is 9.29. The molecule has 0 amide bonds. The van der Waals surface area contributed by atoms with E-state index in [1.807, 2.05) is 30.3 Å². The zero-order valence-electron chi connectivity index (χ0n) is 12.0. The summed E-state index contributed by atoms with van der Waals surface area (Å²) in [6, 6.07) is 16.4. The van der Waals surface area contributed by atoms with Crippen molar-refractivity contribution < 1.29 is 4.74 Å². The Hall–Kier alpha value is -0.990. The smallest absolute Gasteiger partial charge is 0.127 e. The zero-order chi connectivity index (χ0) is 14.9. The van der Waals surface area contributed by atoms with Gasteiger partial charge in [-0.15, -0.1) is 11.6 Å². The second-order valence-electron chi connectivity index (χ2n) is 4.93. The van der Waals surface area contributed by atoms with Crippen LogP contribution in [0.3, 0.4) is 0 Å². The van der Waals surface area contributed by atoms with Gasteiger partial charge in [-0.2, -0.15) is 0 Å². The topological polar surface area (TPSA) is 9.23 Å². The molecule has 0 unspecified atom stereocenters. The quantitative estimate of drug-likeness (QED) is 0.393. The third kappa shape index (κ3) is 5.05. The highest BCUT2D eigenvalue weighted by Crippen LogP contribution is 2.34. The van der Waals surface area contributed by atoms with Crippen LogP contribution in [0.15, 0.2) is 53.0 Å². The molecule has 0 aliphatic carbocycles. The molecular formula is C18H20BrClO. The van der Waals surface area contributed by atoms with Crippen LogP contribution in [-0.2, 0) is 0 Å². The Balaban J connectivity index is 1.99. The number of hydrogen-bond acceptors (Lipinski definition) is 1. The number of ether oxygens (including phenoxy) is 1. The van der Waals surface area contributed by atoms with Crippen LogP contribution >= 0.6 is 27.5 Å². The first kappa shape index (κ1) is 16.4. The molecule has 0 aromatic heterocycles. The predicted molar refractivity (Wildman–Crippen MR) is 94.3 cm³/mol. The minimum atomic E-state index is 0.754. The summed E-state index contributed by atoms with van der Waals surface area (Å²) in [7, 11) is 0. The van der Waals surface area contributed by atoms with Crippen LogP contribution in [-0.4, -0.2) is 12.5 Å². The van der Waals surface area contributed by atoms with Crippen LogP contribution in [0.25, 0.3) is 11.1 Å². The molecule has 0 atom stereocenters. The molecule has 21 heavy (non-hydrogen) atoms. The Kier molecular flexibility index (Phi) is 7.11. The number of halogens is 2. The second kappa shape index (κ2) is 9.11. The summed E-state index contributed by atoms with van der Waals surface area (Å²) in [4.78, 5) is 0. The van der Waals surface area contributed by atoms with Gasteiger partial charge in [-0.3, -0.25) is 0 Å². The van der Waals surface area contributed by atoms with E-state index in [4.69, 9.17) is 16.3 Å². The van der Waals surface area contributed by atoms with Crippen molar-refractivity contribution in [2.24, 2.45) is 0 Å². The molecule has 112 valence electrons. The van der Waals surface area contributed by atoms with Crippen LogP contribution in [0.5, 0.6) is 5.75 Å². The number of para-hydroxylation sites is 1. The Morgan fingerprint density at radius 3 is 2.24 bits per heavy atom. The van der Waals surface area contributed by atoms with Gasteiger partial charge < -0.3 is 4.74 Å². The van der Waals surface area contributed by atoms with Gasteiger partial charge in [-0.1, -0.05) is 65.2 Å². The molecule has 2 aromatic carbocycles. The second-order valence-corrected chi connectivity index (χ2v) is 6.16. The van der Waals surface area contributed by atoms with E-state index in [1.54, 1.807) is 0 Å². The van der Waals surface area contributed by atoms with Crippen molar-refractivity contribution in [2.75, 3.05) is 12.5 Å². The third-order valence-electron chi connectivity index (χ3n) is 3.34. The molecule has 2 rings (SSSR count). The number of unbranched alkanes of at least 4 members (excludes halogenated alkanes) is 3. The average Bonchev–Trinajstić information content (AvgIpc) is 2.52. The molecule has 3 heteroatoms. The van der Waals surface area contributed by atoms with Crippen molar-refractivity contribution in [1.29, 1.82) is 0 Å². The van der Waals surface area contributed by atoms with Gasteiger partial charge in [-0.05, 0) is 30.5 Å². The molecule has 1 nitrogen and oxygen atoms in total. The van der Waals surface area contributed by atoms with Crippen molar-refractivity contribution in [2.45, 2.75) is 25.7 Å². The van der Waals surface area contributed by atoms with E-state index >= 15 is 0 Å². The SMILES string of the molecule is ClCCCCCCOc1ccccc1-c1ccccc1Br. The molecule has 0 saturated heterocycles. The van der Waals surface area contributed by atoms with Crippen molar-refractivity contribution in [3.63, 3.8) is 0 Å². The molecule has 0 fully saturated rings. The van der Waals surface area contributed by atoms with E-state index in [0.29, 0.717) is 0 Å². The lowest BCUT2D eigenvalue weighted by molar-refractivity contribution is 0.306. The number of benzene rings is 2. The molecule has 0 aliphatic rings. The molecule has 0 N–H and O–H groups in total. The molecule has 0 spiro atoms. The van der Waals surface area contributed by atoms with Gasteiger partial charge in [0, 0.05) is 15.9 Å². The Morgan fingerprint density at radius 2 is 1.48 bits per heavy atom. The Bertz CT molecular complexity index is 556. The average molecular weight is 368 g/mol. The highest BCUT2D eigenvalue weighted by atomic mass is 79.9. The van der Waals surface area contributed by atoms with Crippen molar-refractivity contribution in [1.82, 2.24) is 0 Å². The van der Waals surface area contributed by atoms with E-state index in [0.717, 1.165) is 46.7 Å². The van der Waals surface area contributed by atoms with Crippen LogP contribution in [0, 0.1) is 0 Å². The summed E-state index contributed by atoms with van der Waals surface area (Å²) in [6.45, 7) is 0.754. The monoisotopic (exact) mass is 366 g/mol. The highest BCUT2D eigenvalue weighted by molar-refractivity contribution is 9.10. The van der Waals surface area contributed by atoms with Gasteiger partial charge in [0.25, 0.3) is 0 Å². The van der Waals surface area contributed by atoms with Crippen molar-refractivity contribution in [3.8, 4) is 16.9 Å². The normalized spacial score (nSPS) is 10.6. The molecule has 0 bridgehead atoms. The lowest BCUT2D eigenvalue weighted by Crippen LogP contribution is -1.99. The largest absolute Gasteiger partial charge is 0.493 e. The van der Waals surface area contributed by atoms with Crippen LogP contribution in [0.1, 0.15) is 25.7 Å². The maximum atomic E-state index is 5.97. The van der Waals surface area contributed by atoms with Crippen molar-refractivity contribution in [3.05, 3.63) is 53.0 Å². The lowest BCUT2D eigenvalue weighted by atomic mass is 10.0. The van der Waals surface area contributed by atoms with Gasteiger partial charge in [0.05, 0.1) is 6.61 Å². The third-order valence-corrected chi connectivity index (χ3v) is 4.30. The lowest BCUT2D eigenvalue weighted by Gasteiger charge is -2.12. The first-order chi connectivity index (χ1) is 10.3. The highest BCUT2D eigenvalue weighted by Gasteiger charge is 2.08.